The van der Waals surface area contributed by atoms with Gasteiger partial charge in [0.05, 0.1) is 10.6 Å². The fourth-order valence-corrected chi connectivity index (χ4v) is 1.37. The van der Waals surface area contributed by atoms with Crippen LogP contribution in [-0.4, -0.2) is 16.6 Å². The average Bonchev–Trinajstić information content (AvgIpc) is 2.18. The second-order valence-electron chi connectivity index (χ2n) is 5.00. The Morgan fingerprint density at radius 1 is 1.42 bits per heavy atom. The molecule has 0 aromatic heterocycles. The molecule has 0 heterocycles. The van der Waals surface area contributed by atoms with Crippen molar-refractivity contribution in [3.63, 3.8) is 0 Å². The van der Waals surface area contributed by atoms with Crippen LogP contribution in [0.2, 0.25) is 0 Å². The Kier molecular flexibility index (Phi) is 4.08. The first kappa shape index (κ1) is 14.9. The molecular formula is C12H15FN2O4. The van der Waals surface area contributed by atoms with E-state index in [0.717, 1.165) is 12.1 Å². The van der Waals surface area contributed by atoms with Crippen LogP contribution >= 0.6 is 0 Å². The van der Waals surface area contributed by atoms with Crippen LogP contribution in [0, 0.1) is 22.9 Å². The van der Waals surface area contributed by atoms with Crippen LogP contribution in [0.5, 0.6) is 0 Å². The van der Waals surface area contributed by atoms with Gasteiger partial charge in [-0.15, -0.1) is 0 Å². The number of hydrogen-bond acceptors (Lipinski definition) is 4. The van der Waals surface area contributed by atoms with Crippen LogP contribution < -0.4 is 5.32 Å². The zero-order valence-corrected chi connectivity index (χ0v) is 11.1. The van der Waals surface area contributed by atoms with Crippen LogP contribution in [0.1, 0.15) is 26.3 Å². The molecule has 1 aromatic rings. The molecule has 0 bridgehead atoms. The Bertz CT molecular complexity index is 523. The predicted molar refractivity (Wildman–Crippen MR) is 67.6 cm³/mol. The number of carbonyl (C=O) groups is 1. The summed E-state index contributed by atoms with van der Waals surface area (Å²) in [6.07, 6.45) is -0.871. The molecule has 0 atom stereocenters. The molecular weight excluding hydrogens is 255 g/mol. The lowest BCUT2D eigenvalue weighted by Crippen LogP contribution is -2.27. The van der Waals surface area contributed by atoms with Crippen LogP contribution in [0.15, 0.2) is 12.1 Å². The third-order valence-electron chi connectivity index (χ3n) is 2.12. The second kappa shape index (κ2) is 5.21. The molecule has 0 radical (unpaired) electrons. The van der Waals surface area contributed by atoms with E-state index >= 15 is 0 Å². The van der Waals surface area contributed by atoms with Gasteiger partial charge in [0.25, 0.3) is 5.69 Å². The molecule has 0 aliphatic carbocycles. The van der Waals surface area contributed by atoms with Crippen molar-refractivity contribution < 1.29 is 18.8 Å². The maximum absolute atomic E-state index is 13.6. The molecule has 0 fully saturated rings. The number of amides is 1. The summed E-state index contributed by atoms with van der Waals surface area (Å²) in [6, 6.07) is 1.96. The van der Waals surface area contributed by atoms with Crippen molar-refractivity contribution in [2.24, 2.45) is 0 Å². The lowest BCUT2D eigenvalue weighted by Gasteiger charge is -2.19. The summed E-state index contributed by atoms with van der Waals surface area (Å²) in [5.74, 6) is -0.756. The number of rotatable bonds is 2. The van der Waals surface area contributed by atoms with Gasteiger partial charge in [0.1, 0.15) is 11.4 Å². The van der Waals surface area contributed by atoms with Gasteiger partial charge in [-0.2, -0.15) is 0 Å². The van der Waals surface area contributed by atoms with Gasteiger partial charge in [-0.05, 0) is 33.8 Å². The van der Waals surface area contributed by atoms with Gasteiger partial charge in [-0.3, -0.25) is 15.4 Å². The largest absolute Gasteiger partial charge is 0.444 e. The summed E-state index contributed by atoms with van der Waals surface area (Å²) in [4.78, 5) is 21.6. The number of carbonyl (C=O) groups excluding carboxylic acids is 1. The van der Waals surface area contributed by atoms with Gasteiger partial charge in [0.15, 0.2) is 0 Å². The van der Waals surface area contributed by atoms with E-state index in [2.05, 4.69) is 5.32 Å². The van der Waals surface area contributed by atoms with E-state index in [1.165, 1.54) is 6.92 Å². The number of nitrogens with zero attached hydrogens (tertiary/aromatic N) is 1. The molecule has 0 saturated carbocycles. The van der Waals surface area contributed by atoms with E-state index in [0.29, 0.717) is 0 Å². The third kappa shape index (κ3) is 4.20. The Morgan fingerprint density at radius 3 is 2.47 bits per heavy atom. The summed E-state index contributed by atoms with van der Waals surface area (Å²) in [5.41, 5.74) is -1.12. The fraction of sp³-hybridized carbons (Fsp3) is 0.417. The van der Waals surface area contributed by atoms with Gasteiger partial charge in [-0.1, -0.05) is 0 Å². The molecule has 0 spiro atoms. The van der Waals surface area contributed by atoms with Crippen molar-refractivity contribution in [3.05, 3.63) is 33.6 Å². The highest BCUT2D eigenvalue weighted by molar-refractivity contribution is 5.85. The van der Waals surface area contributed by atoms with Crippen molar-refractivity contribution in [2.45, 2.75) is 33.3 Å². The van der Waals surface area contributed by atoms with Crippen molar-refractivity contribution >= 4 is 17.5 Å². The maximum Gasteiger partial charge on any atom is 0.412 e. The maximum atomic E-state index is 13.6. The van der Waals surface area contributed by atoms with E-state index in [4.69, 9.17) is 4.74 Å². The number of nitro benzene ring substituents is 1. The van der Waals surface area contributed by atoms with Crippen molar-refractivity contribution in [1.29, 1.82) is 0 Å². The Hall–Kier alpha value is -2.18. The topological polar surface area (TPSA) is 81.5 Å². The molecule has 19 heavy (non-hydrogen) atoms. The monoisotopic (exact) mass is 270 g/mol. The number of ether oxygens (including phenoxy) is 1. The minimum absolute atomic E-state index is 0.178. The minimum atomic E-state index is -0.871. The number of nitrogens with one attached hydrogen (secondary N) is 1. The Labute approximate surface area is 109 Å². The Balaban J connectivity index is 2.99. The molecule has 0 aliphatic heterocycles. The molecule has 6 nitrogen and oxygen atoms in total. The zero-order chi connectivity index (χ0) is 14.8. The summed E-state index contributed by atoms with van der Waals surface area (Å²) in [5, 5.41) is 12.9. The molecule has 0 aliphatic rings. The summed E-state index contributed by atoms with van der Waals surface area (Å²) >= 11 is 0. The Morgan fingerprint density at radius 2 is 2.00 bits per heavy atom. The minimum Gasteiger partial charge on any atom is -0.444 e. The van der Waals surface area contributed by atoms with Crippen molar-refractivity contribution in [2.75, 3.05) is 5.32 Å². The SMILES string of the molecule is Cc1cc(F)c(NC(=O)OC(C)(C)C)cc1[N+](=O)[O-]. The van der Waals surface area contributed by atoms with Gasteiger partial charge >= 0.3 is 6.09 Å². The van der Waals surface area contributed by atoms with Gasteiger partial charge in [0, 0.05) is 11.6 Å². The molecule has 1 N–H and O–H groups in total. The molecule has 0 saturated heterocycles. The number of benzene rings is 1. The zero-order valence-electron chi connectivity index (χ0n) is 11.1. The highest BCUT2D eigenvalue weighted by atomic mass is 19.1. The van der Waals surface area contributed by atoms with Crippen LogP contribution in [0.4, 0.5) is 20.6 Å². The summed E-state index contributed by atoms with van der Waals surface area (Å²) in [7, 11) is 0. The van der Waals surface area contributed by atoms with E-state index in [-0.39, 0.29) is 16.9 Å². The normalized spacial score (nSPS) is 11.0. The standard InChI is InChI=1S/C12H15FN2O4/c1-7-5-8(13)9(6-10(7)15(17)18)14-11(16)19-12(2,3)4/h5-6H,1-4H3,(H,14,16). The molecule has 1 aromatic carbocycles. The smallest absolute Gasteiger partial charge is 0.412 e. The number of aryl methyl sites for hydroxylation is 1. The van der Waals surface area contributed by atoms with Crippen LogP contribution in [0.25, 0.3) is 0 Å². The van der Waals surface area contributed by atoms with Crippen molar-refractivity contribution in [3.8, 4) is 0 Å². The molecule has 1 rings (SSSR count). The molecule has 1 amide bonds. The highest BCUT2D eigenvalue weighted by Crippen LogP contribution is 2.26. The van der Waals surface area contributed by atoms with Gasteiger partial charge in [0.2, 0.25) is 0 Å². The van der Waals surface area contributed by atoms with Crippen molar-refractivity contribution in [1.82, 2.24) is 0 Å². The van der Waals surface area contributed by atoms with E-state index in [1.807, 2.05) is 0 Å². The quantitative estimate of drug-likeness (QED) is 0.659. The third-order valence-corrected chi connectivity index (χ3v) is 2.12. The summed E-state index contributed by atoms with van der Waals surface area (Å²) in [6.45, 7) is 6.38. The number of nitro groups is 1. The second-order valence-corrected chi connectivity index (χ2v) is 5.00. The van der Waals surface area contributed by atoms with E-state index in [1.54, 1.807) is 20.8 Å². The number of anilines is 1. The lowest BCUT2D eigenvalue weighted by atomic mass is 10.1. The first-order valence-corrected chi connectivity index (χ1v) is 5.54. The van der Waals surface area contributed by atoms with Gasteiger partial charge < -0.3 is 4.74 Å². The van der Waals surface area contributed by atoms with Crippen LogP contribution in [0.3, 0.4) is 0 Å². The molecule has 0 unspecified atom stereocenters. The first-order chi connectivity index (χ1) is 8.60. The van der Waals surface area contributed by atoms with E-state index < -0.39 is 22.4 Å². The van der Waals surface area contributed by atoms with Crippen LogP contribution in [-0.2, 0) is 4.74 Å². The first-order valence-electron chi connectivity index (χ1n) is 5.54. The summed E-state index contributed by atoms with van der Waals surface area (Å²) < 4.78 is 18.5. The van der Waals surface area contributed by atoms with Gasteiger partial charge in [-0.25, -0.2) is 9.18 Å². The fourth-order valence-electron chi connectivity index (χ4n) is 1.37. The average molecular weight is 270 g/mol. The lowest BCUT2D eigenvalue weighted by molar-refractivity contribution is -0.385. The number of hydrogen-bond donors (Lipinski definition) is 1. The van der Waals surface area contributed by atoms with E-state index in [9.17, 15) is 19.3 Å². The number of halogens is 1. The predicted octanol–water partition coefficient (Wildman–Crippen LogP) is 3.39. The highest BCUT2D eigenvalue weighted by Gasteiger charge is 2.20. The molecule has 7 heteroatoms. The molecule has 104 valence electrons.